The molecule has 0 radical (unpaired) electrons. The molecule has 3 aliphatic rings. The second-order valence-electron chi connectivity index (χ2n) is 8.15. The number of piperidine rings is 2. The van der Waals surface area contributed by atoms with E-state index in [9.17, 15) is 0 Å². The van der Waals surface area contributed by atoms with E-state index in [4.69, 9.17) is 4.98 Å². The van der Waals surface area contributed by atoms with Crippen LogP contribution in [0.5, 0.6) is 0 Å². The number of aryl methyl sites for hydroxylation is 1. The number of fused-ring (bicyclic) bond motifs is 1. The highest BCUT2D eigenvalue weighted by Crippen LogP contribution is 2.55. The van der Waals surface area contributed by atoms with Crippen molar-refractivity contribution in [1.82, 2.24) is 30.0 Å². The highest BCUT2D eigenvalue weighted by atomic mass is 15.2. The Balaban J connectivity index is 1.23. The molecule has 132 valence electrons. The minimum Gasteiger partial charge on any atom is -0.316 e. The van der Waals surface area contributed by atoms with Gasteiger partial charge < -0.3 is 10.2 Å². The number of aromatic nitrogens is 4. The molecular formula is C19H26N6. The Labute approximate surface area is 148 Å². The van der Waals surface area contributed by atoms with Gasteiger partial charge in [-0.3, -0.25) is 4.68 Å². The zero-order chi connectivity index (χ0) is 16.9. The normalized spacial score (nSPS) is 29.7. The summed E-state index contributed by atoms with van der Waals surface area (Å²) >= 11 is 0. The molecule has 2 aliphatic heterocycles. The van der Waals surface area contributed by atoms with Crippen molar-refractivity contribution in [1.29, 1.82) is 0 Å². The molecule has 2 saturated heterocycles. The van der Waals surface area contributed by atoms with E-state index in [-0.39, 0.29) is 0 Å². The third-order valence-corrected chi connectivity index (χ3v) is 6.39. The van der Waals surface area contributed by atoms with E-state index in [0.29, 0.717) is 11.3 Å². The predicted octanol–water partition coefficient (Wildman–Crippen LogP) is 1.67. The fourth-order valence-corrected chi connectivity index (χ4v) is 4.76. The third kappa shape index (κ3) is 2.87. The van der Waals surface area contributed by atoms with Gasteiger partial charge in [-0.1, -0.05) is 0 Å². The number of nitrogens with one attached hydrogen (secondary N) is 1. The fourth-order valence-electron chi connectivity index (χ4n) is 4.76. The molecule has 2 unspecified atom stereocenters. The summed E-state index contributed by atoms with van der Waals surface area (Å²) in [5.41, 5.74) is 2.66. The molecular weight excluding hydrogens is 312 g/mol. The topological polar surface area (TPSA) is 58.9 Å². The van der Waals surface area contributed by atoms with Crippen molar-refractivity contribution < 1.29 is 0 Å². The van der Waals surface area contributed by atoms with Crippen LogP contribution in [0.15, 0.2) is 24.7 Å². The summed E-state index contributed by atoms with van der Waals surface area (Å²) in [6.45, 7) is 6.12. The van der Waals surface area contributed by atoms with Gasteiger partial charge in [-0.25, -0.2) is 9.97 Å². The number of rotatable bonds is 4. The van der Waals surface area contributed by atoms with Crippen molar-refractivity contribution in [2.45, 2.75) is 25.2 Å². The molecule has 2 aromatic heterocycles. The lowest BCUT2D eigenvalue weighted by Gasteiger charge is -2.33. The maximum absolute atomic E-state index is 4.84. The molecule has 3 fully saturated rings. The van der Waals surface area contributed by atoms with Crippen molar-refractivity contribution in [3.8, 4) is 11.3 Å². The van der Waals surface area contributed by atoms with Gasteiger partial charge in [-0.05, 0) is 56.3 Å². The van der Waals surface area contributed by atoms with E-state index in [1.54, 1.807) is 0 Å². The van der Waals surface area contributed by atoms with Crippen LogP contribution >= 0.6 is 0 Å². The molecule has 1 saturated carbocycles. The SMILES string of the molecule is Cn1cc(-c2ccnc(C3CCN(CC45CNCC4C5)CC3)n2)cn1. The zero-order valence-corrected chi connectivity index (χ0v) is 14.9. The minimum absolute atomic E-state index is 0.488. The van der Waals surface area contributed by atoms with Crippen LogP contribution in [0.4, 0.5) is 0 Å². The van der Waals surface area contributed by atoms with E-state index in [0.717, 1.165) is 23.0 Å². The summed E-state index contributed by atoms with van der Waals surface area (Å²) in [5.74, 6) is 2.44. The molecule has 6 heteroatoms. The number of hydrogen-bond acceptors (Lipinski definition) is 5. The van der Waals surface area contributed by atoms with Crippen LogP contribution in [0.1, 0.15) is 31.0 Å². The molecule has 0 aromatic carbocycles. The molecule has 5 rings (SSSR count). The minimum atomic E-state index is 0.488. The van der Waals surface area contributed by atoms with E-state index in [1.165, 1.54) is 52.0 Å². The second kappa shape index (κ2) is 5.88. The van der Waals surface area contributed by atoms with Gasteiger partial charge in [0.1, 0.15) is 5.82 Å². The fraction of sp³-hybridized carbons (Fsp3) is 0.632. The molecule has 0 spiro atoms. The Kier molecular flexibility index (Phi) is 3.64. The van der Waals surface area contributed by atoms with Gasteiger partial charge in [-0.2, -0.15) is 5.10 Å². The van der Waals surface area contributed by atoms with Gasteiger partial charge in [0.05, 0.1) is 11.9 Å². The molecule has 4 heterocycles. The van der Waals surface area contributed by atoms with E-state index < -0.39 is 0 Å². The van der Waals surface area contributed by atoms with Crippen molar-refractivity contribution in [2.24, 2.45) is 18.4 Å². The lowest BCUT2D eigenvalue weighted by Crippen LogP contribution is -2.39. The quantitative estimate of drug-likeness (QED) is 0.919. The largest absolute Gasteiger partial charge is 0.316 e. The average molecular weight is 338 g/mol. The highest BCUT2D eigenvalue weighted by molar-refractivity contribution is 5.56. The first-order valence-electron chi connectivity index (χ1n) is 9.47. The molecule has 6 nitrogen and oxygen atoms in total. The first-order valence-corrected chi connectivity index (χ1v) is 9.47. The van der Waals surface area contributed by atoms with E-state index in [2.05, 4.69) is 20.3 Å². The van der Waals surface area contributed by atoms with Gasteiger partial charge in [0.2, 0.25) is 0 Å². The molecule has 2 atom stereocenters. The van der Waals surface area contributed by atoms with Crippen LogP contribution in [0.2, 0.25) is 0 Å². The molecule has 25 heavy (non-hydrogen) atoms. The Morgan fingerprint density at radius 3 is 2.88 bits per heavy atom. The van der Waals surface area contributed by atoms with Crippen molar-refractivity contribution in [3.63, 3.8) is 0 Å². The molecule has 1 N–H and O–H groups in total. The molecule has 0 bridgehead atoms. The van der Waals surface area contributed by atoms with Crippen LogP contribution in [0, 0.1) is 11.3 Å². The Bertz CT molecular complexity index is 763. The van der Waals surface area contributed by atoms with Gasteiger partial charge in [0.15, 0.2) is 0 Å². The average Bonchev–Trinajstić information content (AvgIpc) is 2.95. The van der Waals surface area contributed by atoms with Crippen LogP contribution in [0.25, 0.3) is 11.3 Å². The number of likely N-dealkylation sites (tertiary alicyclic amines) is 1. The van der Waals surface area contributed by atoms with E-state index in [1.807, 2.05) is 36.4 Å². The third-order valence-electron chi connectivity index (χ3n) is 6.39. The number of nitrogens with zero attached hydrogens (tertiary/aromatic N) is 5. The first kappa shape index (κ1) is 15.5. The Hall–Kier alpha value is -1.79. The monoisotopic (exact) mass is 338 g/mol. The molecule has 2 aromatic rings. The van der Waals surface area contributed by atoms with Crippen molar-refractivity contribution >= 4 is 0 Å². The molecule has 0 amide bonds. The maximum atomic E-state index is 4.84. The van der Waals surface area contributed by atoms with Gasteiger partial charge in [0, 0.05) is 44.0 Å². The van der Waals surface area contributed by atoms with E-state index >= 15 is 0 Å². The summed E-state index contributed by atoms with van der Waals surface area (Å²) in [6, 6.07) is 1.98. The lowest BCUT2D eigenvalue weighted by molar-refractivity contribution is 0.173. The zero-order valence-electron chi connectivity index (χ0n) is 14.9. The lowest BCUT2D eigenvalue weighted by atomic mass is 9.94. The Morgan fingerprint density at radius 2 is 2.20 bits per heavy atom. The Morgan fingerprint density at radius 1 is 1.32 bits per heavy atom. The smallest absolute Gasteiger partial charge is 0.132 e. The van der Waals surface area contributed by atoms with Gasteiger partial charge in [0.25, 0.3) is 0 Å². The summed E-state index contributed by atoms with van der Waals surface area (Å²) in [4.78, 5) is 12.1. The summed E-state index contributed by atoms with van der Waals surface area (Å²) in [6.07, 6.45) is 9.56. The summed E-state index contributed by atoms with van der Waals surface area (Å²) in [5, 5.41) is 7.81. The maximum Gasteiger partial charge on any atom is 0.132 e. The predicted molar refractivity (Wildman–Crippen MR) is 96.1 cm³/mol. The van der Waals surface area contributed by atoms with Gasteiger partial charge >= 0.3 is 0 Å². The summed E-state index contributed by atoms with van der Waals surface area (Å²) < 4.78 is 1.82. The standard InChI is InChI=1S/C19H26N6/c1-24-11-15(9-22-24)17-2-5-21-18(23-17)14-3-6-25(7-4-14)13-19-8-16(19)10-20-12-19/h2,5,9,11,14,16,20H,3-4,6-8,10,12-13H2,1H3. The second-order valence-corrected chi connectivity index (χ2v) is 8.15. The van der Waals surface area contributed by atoms with Gasteiger partial charge in [-0.15, -0.1) is 0 Å². The van der Waals surface area contributed by atoms with Crippen LogP contribution in [-0.2, 0) is 7.05 Å². The highest BCUT2D eigenvalue weighted by Gasteiger charge is 2.57. The molecule has 1 aliphatic carbocycles. The summed E-state index contributed by atoms with van der Waals surface area (Å²) in [7, 11) is 1.94. The van der Waals surface area contributed by atoms with Crippen LogP contribution < -0.4 is 5.32 Å². The van der Waals surface area contributed by atoms with Crippen molar-refractivity contribution in [3.05, 3.63) is 30.5 Å². The van der Waals surface area contributed by atoms with Crippen LogP contribution in [0.3, 0.4) is 0 Å². The van der Waals surface area contributed by atoms with Crippen molar-refractivity contribution in [2.75, 3.05) is 32.7 Å². The van der Waals surface area contributed by atoms with Crippen LogP contribution in [-0.4, -0.2) is 57.4 Å². The first-order chi connectivity index (χ1) is 12.2. The number of hydrogen-bond donors (Lipinski definition) is 1.